The van der Waals surface area contributed by atoms with Crippen LogP contribution in [0.4, 0.5) is 8.78 Å². The Hall–Kier alpha value is -1.65. The van der Waals surface area contributed by atoms with E-state index in [4.69, 9.17) is 5.11 Å². The predicted octanol–water partition coefficient (Wildman–Crippen LogP) is 3.02. The van der Waals surface area contributed by atoms with E-state index in [2.05, 4.69) is 4.74 Å². The summed E-state index contributed by atoms with van der Waals surface area (Å²) in [7, 11) is 1.26. The molecular formula is C13H16F2O3. The van der Waals surface area contributed by atoms with Gasteiger partial charge in [0.05, 0.1) is 13.5 Å². The highest BCUT2D eigenvalue weighted by Crippen LogP contribution is 2.29. The molecule has 0 saturated heterocycles. The molecule has 1 aromatic rings. The van der Waals surface area contributed by atoms with Crippen molar-refractivity contribution < 1.29 is 23.4 Å². The molecule has 0 heterocycles. The molecule has 0 amide bonds. The molecule has 3 nitrogen and oxygen atoms in total. The van der Waals surface area contributed by atoms with Crippen molar-refractivity contribution >= 4 is 5.97 Å². The summed E-state index contributed by atoms with van der Waals surface area (Å²) in [6.45, 7) is 3.39. The number of methoxy groups -OCH3 is 1. The van der Waals surface area contributed by atoms with Gasteiger partial charge in [0.15, 0.2) is 11.6 Å². The molecule has 1 N–H and O–H groups in total. The minimum atomic E-state index is -0.964. The first-order valence-electron chi connectivity index (χ1n) is 5.49. The highest BCUT2D eigenvalue weighted by Gasteiger charge is 2.24. The Labute approximate surface area is 104 Å². The summed E-state index contributed by atoms with van der Waals surface area (Å²) < 4.78 is 31.8. The van der Waals surface area contributed by atoms with Crippen LogP contribution in [0.25, 0.3) is 0 Å². The number of hydrogen-bond donors (Lipinski definition) is 1. The molecule has 0 aliphatic rings. The number of carboxylic acid groups (broad SMARTS) is 1. The molecule has 5 heteroatoms. The van der Waals surface area contributed by atoms with Gasteiger partial charge < -0.3 is 9.84 Å². The van der Waals surface area contributed by atoms with Gasteiger partial charge in [-0.1, -0.05) is 13.8 Å². The van der Waals surface area contributed by atoms with Crippen molar-refractivity contribution in [1.29, 1.82) is 0 Å². The monoisotopic (exact) mass is 258 g/mol. The van der Waals surface area contributed by atoms with Crippen molar-refractivity contribution in [3.63, 3.8) is 0 Å². The zero-order chi connectivity index (χ0) is 13.9. The molecule has 0 bridgehead atoms. The van der Waals surface area contributed by atoms with Crippen molar-refractivity contribution in [2.75, 3.05) is 7.11 Å². The number of benzene rings is 1. The lowest BCUT2D eigenvalue weighted by atomic mass is 9.82. The first-order chi connectivity index (χ1) is 8.25. The zero-order valence-electron chi connectivity index (χ0n) is 10.6. The summed E-state index contributed by atoms with van der Waals surface area (Å²) in [5, 5.41) is 8.75. The fourth-order valence-electron chi connectivity index (χ4n) is 1.85. The first kappa shape index (κ1) is 14.4. The molecule has 18 heavy (non-hydrogen) atoms. The van der Waals surface area contributed by atoms with E-state index in [1.54, 1.807) is 13.8 Å². The van der Waals surface area contributed by atoms with Gasteiger partial charge in [-0.05, 0) is 23.5 Å². The van der Waals surface area contributed by atoms with E-state index in [1.807, 2.05) is 0 Å². The zero-order valence-corrected chi connectivity index (χ0v) is 10.6. The maximum atomic E-state index is 13.7. The average molecular weight is 258 g/mol. The summed E-state index contributed by atoms with van der Waals surface area (Å²) in [5.41, 5.74) is -0.493. The van der Waals surface area contributed by atoms with Gasteiger partial charge in [0.25, 0.3) is 0 Å². The lowest BCUT2D eigenvalue weighted by molar-refractivity contribution is -0.139. The topological polar surface area (TPSA) is 46.5 Å². The van der Waals surface area contributed by atoms with E-state index in [0.717, 1.165) is 12.1 Å². The van der Waals surface area contributed by atoms with Gasteiger partial charge in [-0.2, -0.15) is 0 Å². The number of carboxylic acids is 1. The molecule has 0 atom stereocenters. The quantitative estimate of drug-likeness (QED) is 0.883. The van der Waals surface area contributed by atoms with Crippen molar-refractivity contribution in [3.05, 3.63) is 29.3 Å². The summed E-state index contributed by atoms with van der Waals surface area (Å²) in [5.74, 6) is -2.37. The van der Waals surface area contributed by atoms with Gasteiger partial charge in [0.1, 0.15) is 5.82 Å². The third-order valence-corrected chi connectivity index (χ3v) is 2.62. The molecule has 100 valence electrons. The Morgan fingerprint density at radius 2 is 1.94 bits per heavy atom. The van der Waals surface area contributed by atoms with E-state index >= 15 is 0 Å². The van der Waals surface area contributed by atoms with Crippen molar-refractivity contribution in [2.45, 2.75) is 26.7 Å². The predicted molar refractivity (Wildman–Crippen MR) is 62.6 cm³/mol. The number of aliphatic carboxylic acids is 1. The van der Waals surface area contributed by atoms with E-state index < -0.39 is 23.0 Å². The van der Waals surface area contributed by atoms with Gasteiger partial charge in [-0.15, -0.1) is 0 Å². The van der Waals surface area contributed by atoms with Crippen LogP contribution < -0.4 is 4.74 Å². The third-order valence-electron chi connectivity index (χ3n) is 2.62. The standard InChI is InChI=1S/C13H16F2O3/c1-13(2,7-12(16)17)6-8-4-10(15)11(18-3)5-9(8)14/h4-5H,6-7H2,1-3H3,(H,16,17). The molecule has 1 aromatic carbocycles. The summed E-state index contributed by atoms with van der Waals surface area (Å²) >= 11 is 0. The van der Waals surface area contributed by atoms with Gasteiger partial charge in [0, 0.05) is 6.07 Å². The van der Waals surface area contributed by atoms with E-state index in [0.29, 0.717) is 0 Å². The summed E-state index contributed by atoms with van der Waals surface area (Å²) in [4.78, 5) is 10.7. The molecular weight excluding hydrogens is 242 g/mol. The van der Waals surface area contributed by atoms with E-state index in [9.17, 15) is 13.6 Å². The van der Waals surface area contributed by atoms with Crippen LogP contribution in [0.1, 0.15) is 25.8 Å². The molecule has 0 radical (unpaired) electrons. The van der Waals surface area contributed by atoms with Crippen molar-refractivity contribution in [2.24, 2.45) is 5.41 Å². The number of rotatable bonds is 5. The van der Waals surface area contributed by atoms with Gasteiger partial charge >= 0.3 is 5.97 Å². The van der Waals surface area contributed by atoms with E-state index in [1.165, 1.54) is 7.11 Å². The smallest absolute Gasteiger partial charge is 0.303 e. The van der Waals surface area contributed by atoms with Crippen LogP contribution in [0.5, 0.6) is 5.75 Å². The van der Waals surface area contributed by atoms with Crippen molar-refractivity contribution in [1.82, 2.24) is 0 Å². The van der Waals surface area contributed by atoms with Crippen LogP contribution in [-0.4, -0.2) is 18.2 Å². The molecule has 0 saturated carbocycles. The number of hydrogen-bond acceptors (Lipinski definition) is 2. The normalized spacial score (nSPS) is 11.4. The highest BCUT2D eigenvalue weighted by atomic mass is 19.1. The second-order valence-electron chi connectivity index (χ2n) is 4.99. The molecule has 0 aromatic heterocycles. The van der Waals surface area contributed by atoms with Crippen molar-refractivity contribution in [3.8, 4) is 5.75 Å². The number of ether oxygens (including phenoxy) is 1. The largest absolute Gasteiger partial charge is 0.494 e. The van der Waals surface area contributed by atoms with Crippen LogP contribution in [0.3, 0.4) is 0 Å². The molecule has 0 aliphatic heterocycles. The van der Waals surface area contributed by atoms with E-state index in [-0.39, 0.29) is 24.2 Å². The Kier molecular flexibility index (Phi) is 4.27. The first-order valence-corrected chi connectivity index (χ1v) is 5.49. The molecule has 0 aliphatic carbocycles. The third kappa shape index (κ3) is 3.68. The average Bonchev–Trinajstić information content (AvgIpc) is 2.20. The summed E-state index contributed by atoms with van der Waals surface area (Å²) in [6, 6.07) is 2.03. The van der Waals surface area contributed by atoms with Crippen LogP contribution in [0.15, 0.2) is 12.1 Å². The minimum Gasteiger partial charge on any atom is -0.494 e. The molecule has 0 unspecified atom stereocenters. The molecule has 0 fully saturated rings. The lowest BCUT2D eigenvalue weighted by Crippen LogP contribution is -2.20. The molecule has 0 spiro atoms. The Bertz CT molecular complexity index is 456. The number of carbonyl (C=O) groups is 1. The lowest BCUT2D eigenvalue weighted by Gasteiger charge is -2.22. The van der Waals surface area contributed by atoms with Crippen LogP contribution in [0, 0.1) is 17.0 Å². The number of halogens is 2. The second-order valence-corrected chi connectivity index (χ2v) is 4.99. The second kappa shape index (κ2) is 5.33. The Balaban J connectivity index is 2.98. The highest BCUT2D eigenvalue weighted by molar-refractivity contribution is 5.67. The maximum Gasteiger partial charge on any atom is 0.303 e. The van der Waals surface area contributed by atoms with Gasteiger partial charge in [0.2, 0.25) is 0 Å². The molecule has 1 rings (SSSR count). The fraction of sp³-hybridized carbons (Fsp3) is 0.462. The maximum absolute atomic E-state index is 13.7. The summed E-state index contributed by atoms with van der Waals surface area (Å²) in [6.07, 6.45) is 0.0339. The van der Waals surface area contributed by atoms with Crippen LogP contribution >= 0.6 is 0 Å². The fourth-order valence-corrected chi connectivity index (χ4v) is 1.85. The minimum absolute atomic E-state index is 0.111. The Morgan fingerprint density at radius 1 is 1.33 bits per heavy atom. The van der Waals surface area contributed by atoms with Crippen LogP contribution in [0.2, 0.25) is 0 Å². The van der Waals surface area contributed by atoms with Gasteiger partial charge in [-0.3, -0.25) is 4.79 Å². The Morgan fingerprint density at radius 3 is 2.44 bits per heavy atom. The van der Waals surface area contributed by atoms with Gasteiger partial charge in [-0.25, -0.2) is 8.78 Å². The SMILES string of the molecule is COc1cc(F)c(CC(C)(C)CC(=O)O)cc1F. The van der Waals surface area contributed by atoms with Crippen LogP contribution in [-0.2, 0) is 11.2 Å².